The molecule has 6 heteroatoms. The lowest BCUT2D eigenvalue weighted by Gasteiger charge is -2.44. The van der Waals surface area contributed by atoms with Crippen LogP contribution in [0.3, 0.4) is 0 Å². The predicted octanol–water partition coefficient (Wildman–Crippen LogP) is 3.67. The summed E-state index contributed by atoms with van der Waals surface area (Å²) in [5.41, 5.74) is 2.78. The van der Waals surface area contributed by atoms with Crippen LogP contribution in [0.1, 0.15) is 30.4 Å². The first kappa shape index (κ1) is 15.7. The molecule has 1 aliphatic heterocycles. The molecule has 2 aliphatic rings. The summed E-state index contributed by atoms with van der Waals surface area (Å²) >= 11 is 0. The van der Waals surface area contributed by atoms with Crippen LogP contribution >= 0.6 is 0 Å². The average Bonchev–Trinajstić information content (AvgIpc) is 2.60. The van der Waals surface area contributed by atoms with Crippen LogP contribution in [0, 0.1) is 11.2 Å². The highest BCUT2D eigenvalue weighted by Crippen LogP contribution is 2.42. The number of carbonyl (C=O) groups excluding carboxylic acids is 1. The molecule has 0 unspecified atom stereocenters. The van der Waals surface area contributed by atoms with E-state index in [9.17, 15) is 13.7 Å². The van der Waals surface area contributed by atoms with Crippen LogP contribution in [-0.4, -0.2) is 17.0 Å². The number of rotatable bonds is 1. The lowest BCUT2D eigenvalue weighted by atomic mass is 9.73. The van der Waals surface area contributed by atoms with Crippen molar-refractivity contribution in [2.45, 2.75) is 31.2 Å². The molecular weight excluding hydrogens is 324 g/mol. The summed E-state index contributed by atoms with van der Waals surface area (Å²) in [6, 6.07) is 12.2. The lowest BCUT2D eigenvalue weighted by Crippen LogP contribution is -2.59. The number of benzene rings is 2. The molecular formula is C19H17F2N3O. The van der Waals surface area contributed by atoms with Gasteiger partial charge < -0.3 is 5.32 Å². The Balaban J connectivity index is 1.82. The molecule has 4 rings (SSSR count). The van der Waals surface area contributed by atoms with E-state index < -0.39 is 17.4 Å². The fraction of sp³-hybridized carbons (Fsp3) is 0.263. The minimum atomic E-state index is -0.770. The molecule has 0 bridgehead atoms. The van der Waals surface area contributed by atoms with Gasteiger partial charge in [0.05, 0.1) is 12.0 Å². The van der Waals surface area contributed by atoms with Crippen molar-refractivity contribution in [3.8, 4) is 11.1 Å². The molecule has 4 nitrogen and oxygen atoms in total. The minimum Gasteiger partial charge on any atom is -0.344 e. The van der Waals surface area contributed by atoms with Crippen molar-refractivity contribution in [3.05, 3.63) is 59.4 Å². The Morgan fingerprint density at radius 3 is 2.72 bits per heavy atom. The maximum atomic E-state index is 13.6. The first-order valence-electron chi connectivity index (χ1n) is 8.23. The second-order valence-corrected chi connectivity index (χ2v) is 6.64. The third-order valence-electron chi connectivity index (χ3n) is 5.06. The normalized spacial score (nSPS) is 22.7. The highest BCUT2D eigenvalue weighted by Gasteiger charge is 2.45. The Bertz CT molecular complexity index is 863. The molecule has 1 amide bonds. The van der Waals surface area contributed by atoms with E-state index in [4.69, 9.17) is 5.41 Å². The maximum Gasteiger partial charge on any atom is 0.260 e. The second-order valence-electron chi connectivity index (χ2n) is 6.64. The molecule has 1 aliphatic carbocycles. The summed E-state index contributed by atoms with van der Waals surface area (Å²) in [6.07, 6.45) is 2.33. The standard InChI is InChI=1S/C19H17F2N3O/c20-15-5-1-3-13(9-15)14-7-6-12-4-2-8-19(16(12)10-14)11-17(25)24(21)18(22)23-19/h1,3,5-7,9-10H,2,4,8,11H2,(H2,22,23)/t19-/m0/s1. The van der Waals surface area contributed by atoms with Gasteiger partial charge in [0.2, 0.25) is 5.96 Å². The summed E-state index contributed by atoms with van der Waals surface area (Å²) < 4.78 is 27.2. The fourth-order valence-electron chi connectivity index (χ4n) is 3.89. The smallest absolute Gasteiger partial charge is 0.260 e. The Morgan fingerprint density at radius 1 is 1.16 bits per heavy atom. The zero-order chi connectivity index (χ0) is 17.6. The van der Waals surface area contributed by atoms with Crippen LogP contribution in [-0.2, 0) is 16.8 Å². The van der Waals surface area contributed by atoms with Gasteiger partial charge in [-0.05, 0) is 59.7 Å². The van der Waals surface area contributed by atoms with Gasteiger partial charge in [-0.2, -0.15) is 0 Å². The van der Waals surface area contributed by atoms with E-state index in [-0.39, 0.29) is 17.4 Å². The minimum absolute atomic E-state index is 0.0362. The third kappa shape index (κ3) is 2.58. The number of halogens is 2. The Hall–Kier alpha value is -2.76. The van der Waals surface area contributed by atoms with E-state index in [2.05, 4.69) is 5.32 Å². The number of amides is 1. The van der Waals surface area contributed by atoms with Crippen LogP contribution in [0.4, 0.5) is 8.87 Å². The average molecular weight is 341 g/mol. The third-order valence-corrected chi connectivity index (χ3v) is 5.06. The Kier molecular flexibility index (Phi) is 3.56. The van der Waals surface area contributed by atoms with E-state index in [1.165, 1.54) is 12.1 Å². The second kappa shape index (κ2) is 5.65. The van der Waals surface area contributed by atoms with E-state index in [0.29, 0.717) is 6.42 Å². The molecule has 25 heavy (non-hydrogen) atoms. The van der Waals surface area contributed by atoms with E-state index >= 15 is 0 Å². The van der Waals surface area contributed by atoms with E-state index in [1.807, 2.05) is 24.3 Å². The van der Waals surface area contributed by atoms with Crippen molar-refractivity contribution in [1.29, 1.82) is 5.41 Å². The van der Waals surface area contributed by atoms with Crippen LogP contribution in [0.15, 0.2) is 42.5 Å². The zero-order valence-electron chi connectivity index (χ0n) is 13.5. The first-order chi connectivity index (χ1) is 12.0. The first-order valence-corrected chi connectivity index (χ1v) is 8.23. The summed E-state index contributed by atoms with van der Waals surface area (Å²) in [6.45, 7) is 0. The quantitative estimate of drug-likeness (QED) is 0.778. The number of carbonyl (C=O) groups is 1. The molecule has 128 valence electrons. The highest BCUT2D eigenvalue weighted by molar-refractivity contribution is 5.98. The molecule has 1 spiro atoms. The number of hydrogen-bond donors (Lipinski definition) is 2. The lowest BCUT2D eigenvalue weighted by molar-refractivity contribution is -0.142. The van der Waals surface area contributed by atoms with Gasteiger partial charge in [0.25, 0.3) is 5.91 Å². The molecule has 0 aromatic heterocycles. The molecule has 1 fully saturated rings. The molecule has 1 saturated heterocycles. The zero-order valence-corrected chi connectivity index (χ0v) is 13.5. The number of fused-ring (bicyclic) bond motifs is 2. The summed E-state index contributed by atoms with van der Waals surface area (Å²) in [4.78, 5) is 12.0. The van der Waals surface area contributed by atoms with Crippen molar-refractivity contribution in [2.75, 3.05) is 0 Å². The largest absolute Gasteiger partial charge is 0.344 e. The SMILES string of the molecule is N=C1N[C@@]2(CCCc3ccc(-c4cccc(F)c4)cc32)CC(=O)N1F. The van der Waals surface area contributed by atoms with Gasteiger partial charge in [0.15, 0.2) is 0 Å². The number of aryl methyl sites for hydroxylation is 1. The number of nitrogens with zero attached hydrogens (tertiary/aromatic N) is 1. The predicted molar refractivity (Wildman–Crippen MR) is 89.9 cm³/mol. The maximum absolute atomic E-state index is 13.6. The number of guanidine groups is 1. The van der Waals surface area contributed by atoms with Crippen molar-refractivity contribution in [3.63, 3.8) is 0 Å². The Labute approximate surface area is 143 Å². The fourth-order valence-corrected chi connectivity index (χ4v) is 3.89. The van der Waals surface area contributed by atoms with Crippen molar-refractivity contribution in [1.82, 2.24) is 10.4 Å². The van der Waals surface area contributed by atoms with Gasteiger partial charge in [-0.15, -0.1) is 5.12 Å². The molecule has 0 radical (unpaired) electrons. The molecule has 1 atom stereocenters. The molecule has 1 heterocycles. The van der Waals surface area contributed by atoms with Gasteiger partial charge >= 0.3 is 0 Å². The molecule has 2 aromatic carbocycles. The highest BCUT2D eigenvalue weighted by atomic mass is 19.2. The van der Waals surface area contributed by atoms with E-state index in [1.54, 1.807) is 6.07 Å². The Morgan fingerprint density at radius 2 is 1.96 bits per heavy atom. The van der Waals surface area contributed by atoms with E-state index in [0.717, 1.165) is 35.1 Å². The topological polar surface area (TPSA) is 56.2 Å². The van der Waals surface area contributed by atoms with Crippen molar-refractivity contribution >= 4 is 11.9 Å². The van der Waals surface area contributed by atoms with Gasteiger partial charge in [-0.3, -0.25) is 10.2 Å². The van der Waals surface area contributed by atoms with Crippen LogP contribution in [0.25, 0.3) is 11.1 Å². The van der Waals surface area contributed by atoms with Gasteiger partial charge in [0, 0.05) is 0 Å². The van der Waals surface area contributed by atoms with Crippen LogP contribution < -0.4 is 5.32 Å². The van der Waals surface area contributed by atoms with Crippen molar-refractivity contribution < 1.29 is 13.7 Å². The molecule has 0 saturated carbocycles. The van der Waals surface area contributed by atoms with Gasteiger partial charge in [-0.25, -0.2) is 4.39 Å². The van der Waals surface area contributed by atoms with Crippen molar-refractivity contribution in [2.24, 2.45) is 0 Å². The monoisotopic (exact) mass is 341 g/mol. The van der Waals surface area contributed by atoms with Crippen LogP contribution in [0.5, 0.6) is 0 Å². The van der Waals surface area contributed by atoms with Gasteiger partial charge in [0.1, 0.15) is 5.82 Å². The molecule has 2 N–H and O–H groups in total. The summed E-state index contributed by atoms with van der Waals surface area (Å²) in [7, 11) is 0. The molecule has 2 aromatic rings. The van der Waals surface area contributed by atoms with Gasteiger partial charge in [-0.1, -0.05) is 28.7 Å². The number of nitrogens with one attached hydrogen (secondary N) is 2. The number of hydrogen-bond acceptors (Lipinski definition) is 2. The van der Waals surface area contributed by atoms with Crippen LogP contribution in [0.2, 0.25) is 0 Å². The summed E-state index contributed by atoms with van der Waals surface area (Å²) in [5.74, 6) is -1.56. The summed E-state index contributed by atoms with van der Waals surface area (Å²) in [5, 5.41) is 10.5.